The molecule has 0 aliphatic rings. The molecule has 0 aliphatic heterocycles. The molecular formula is C21H24N4O. The van der Waals surface area contributed by atoms with Gasteiger partial charge in [-0.05, 0) is 18.1 Å². The van der Waals surface area contributed by atoms with E-state index < -0.39 is 0 Å². The molecule has 0 spiro atoms. The Kier molecular flexibility index (Phi) is 5.81. The van der Waals surface area contributed by atoms with Crippen LogP contribution in [0, 0.1) is 6.92 Å². The molecule has 26 heavy (non-hydrogen) atoms. The summed E-state index contributed by atoms with van der Waals surface area (Å²) in [5, 5.41) is 7.22. The van der Waals surface area contributed by atoms with E-state index in [2.05, 4.69) is 39.6 Å². The Labute approximate surface area is 154 Å². The standard InChI is InChI=1S/C21H24N4O/c1-17-13-20(24(2)23-17)22-21(26)16-25(14-18-9-5-3-6-10-18)15-19-11-7-4-8-12-19/h3-13H,14-16H2,1-2H3,(H,22,26). The van der Waals surface area contributed by atoms with Crippen LogP contribution in [-0.2, 0) is 24.9 Å². The Morgan fingerprint density at radius 3 is 2.00 bits per heavy atom. The number of anilines is 1. The highest BCUT2D eigenvalue weighted by atomic mass is 16.2. The van der Waals surface area contributed by atoms with Crippen LogP contribution in [0.5, 0.6) is 0 Å². The molecule has 2 aromatic carbocycles. The second-order valence-electron chi connectivity index (χ2n) is 6.46. The van der Waals surface area contributed by atoms with Crippen LogP contribution in [0.3, 0.4) is 0 Å². The third-order valence-corrected chi connectivity index (χ3v) is 4.13. The van der Waals surface area contributed by atoms with Gasteiger partial charge in [0.15, 0.2) is 0 Å². The number of hydrogen-bond acceptors (Lipinski definition) is 3. The van der Waals surface area contributed by atoms with Gasteiger partial charge in [-0.2, -0.15) is 5.10 Å². The Morgan fingerprint density at radius 2 is 1.54 bits per heavy atom. The van der Waals surface area contributed by atoms with Gasteiger partial charge in [0.2, 0.25) is 5.91 Å². The van der Waals surface area contributed by atoms with E-state index in [-0.39, 0.29) is 5.91 Å². The maximum absolute atomic E-state index is 12.6. The van der Waals surface area contributed by atoms with Gasteiger partial charge in [-0.1, -0.05) is 60.7 Å². The summed E-state index contributed by atoms with van der Waals surface area (Å²) in [5.41, 5.74) is 3.26. The zero-order chi connectivity index (χ0) is 18.4. The molecule has 0 radical (unpaired) electrons. The fourth-order valence-corrected chi connectivity index (χ4v) is 2.96. The fourth-order valence-electron chi connectivity index (χ4n) is 2.96. The van der Waals surface area contributed by atoms with Gasteiger partial charge < -0.3 is 5.32 Å². The zero-order valence-corrected chi connectivity index (χ0v) is 15.2. The van der Waals surface area contributed by atoms with Crippen LogP contribution in [0.2, 0.25) is 0 Å². The van der Waals surface area contributed by atoms with Crippen molar-refractivity contribution < 1.29 is 4.79 Å². The number of aryl methyl sites for hydroxylation is 2. The summed E-state index contributed by atoms with van der Waals surface area (Å²) in [5.74, 6) is 0.673. The van der Waals surface area contributed by atoms with Crippen molar-refractivity contribution in [3.63, 3.8) is 0 Å². The maximum Gasteiger partial charge on any atom is 0.239 e. The molecule has 5 heteroatoms. The van der Waals surface area contributed by atoms with Crippen LogP contribution in [0.15, 0.2) is 66.7 Å². The Balaban J connectivity index is 1.69. The van der Waals surface area contributed by atoms with E-state index >= 15 is 0 Å². The highest BCUT2D eigenvalue weighted by Gasteiger charge is 2.14. The summed E-state index contributed by atoms with van der Waals surface area (Å²) >= 11 is 0. The van der Waals surface area contributed by atoms with E-state index in [1.807, 2.05) is 56.4 Å². The number of amides is 1. The van der Waals surface area contributed by atoms with Crippen molar-refractivity contribution >= 4 is 11.7 Å². The quantitative estimate of drug-likeness (QED) is 0.712. The van der Waals surface area contributed by atoms with E-state index in [0.717, 1.165) is 5.69 Å². The molecule has 0 aliphatic carbocycles. The molecule has 1 N–H and O–H groups in total. The van der Waals surface area contributed by atoms with Crippen molar-refractivity contribution in [2.75, 3.05) is 11.9 Å². The number of rotatable bonds is 7. The Morgan fingerprint density at radius 1 is 1.00 bits per heavy atom. The van der Waals surface area contributed by atoms with Crippen molar-refractivity contribution in [2.45, 2.75) is 20.0 Å². The van der Waals surface area contributed by atoms with Crippen LogP contribution in [0.4, 0.5) is 5.82 Å². The summed E-state index contributed by atoms with van der Waals surface area (Å²) in [4.78, 5) is 14.7. The fraction of sp³-hybridized carbons (Fsp3) is 0.238. The molecule has 0 saturated carbocycles. The van der Waals surface area contributed by atoms with Crippen molar-refractivity contribution in [3.8, 4) is 0 Å². The van der Waals surface area contributed by atoms with Crippen molar-refractivity contribution in [3.05, 3.63) is 83.6 Å². The third kappa shape index (κ3) is 5.04. The lowest BCUT2D eigenvalue weighted by atomic mass is 10.1. The van der Waals surface area contributed by atoms with Gasteiger partial charge in [0.25, 0.3) is 0 Å². The number of carbonyl (C=O) groups excluding carboxylic acids is 1. The second-order valence-corrected chi connectivity index (χ2v) is 6.46. The van der Waals surface area contributed by atoms with Crippen molar-refractivity contribution in [1.82, 2.24) is 14.7 Å². The molecule has 5 nitrogen and oxygen atoms in total. The van der Waals surface area contributed by atoms with E-state index in [0.29, 0.717) is 25.5 Å². The smallest absolute Gasteiger partial charge is 0.239 e. The van der Waals surface area contributed by atoms with Gasteiger partial charge in [0.05, 0.1) is 12.2 Å². The van der Waals surface area contributed by atoms with Crippen LogP contribution in [-0.4, -0.2) is 27.1 Å². The summed E-state index contributed by atoms with van der Waals surface area (Å²) in [7, 11) is 1.83. The van der Waals surface area contributed by atoms with Crippen molar-refractivity contribution in [1.29, 1.82) is 0 Å². The molecule has 0 saturated heterocycles. The van der Waals surface area contributed by atoms with Crippen LogP contribution < -0.4 is 5.32 Å². The average Bonchev–Trinajstić information content (AvgIpc) is 2.93. The van der Waals surface area contributed by atoms with E-state index in [1.54, 1.807) is 4.68 Å². The normalized spacial score (nSPS) is 10.9. The Hall–Kier alpha value is -2.92. The lowest BCUT2D eigenvalue weighted by molar-refractivity contribution is -0.117. The second kappa shape index (κ2) is 8.45. The minimum absolute atomic E-state index is 0.0418. The molecule has 3 aromatic rings. The first-order valence-electron chi connectivity index (χ1n) is 8.71. The molecule has 0 atom stereocenters. The van der Waals surface area contributed by atoms with Crippen molar-refractivity contribution in [2.24, 2.45) is 7.05 Å². The molecule has 0 bridgehead atoms. The topological polar surface area (TPSA) is 50.2 Å². The lowest BCUT2D eigenvalue weighted by Gasteiger charge is -2.22. The highest BCUT2D eigenvalue weighted by molar-refractivity contribution is 5.91. The monoisotopic (exact) mass is 348 g/mol. The predicted molar refractivity (Wildman–Crippen MR) is 104 cm³/mol. The number of carbonyl (C=O) groups is 1. The van der Waals surface area contributed by atoms with Gasteiger partial charge in [-0.15, -0.1) is 0 Å². The van der Waals surface area contributed by atoms with Crippen LogP contribution in [0.1, 0.15) is 16.8 Å². The van der Waals surface area contributed by atoms with Crippen LogP contribution >= 0.6 is 0 Å². The number of benzene rings is 2. The van der Waals surface area contributed by atoms with E-state index in [1.165, 1.54) is 11.1 Å². The number of nitrogens with zero attached hydrogens (tertiary/aromatic N) is 3. The lowest BCUT2D eigenvalue weighted by Crippen LogP contribution is -2.33. The summed E-state index contributed by atoms with van der Waals surface area (Å²) < 4.78 is 1.69. The van der Waals surface area contributed by atoms with Gasteiger partial charge in [0, 0.05) is 26.2 Å². The van der Waals surface area contributed by atoms with Gasteiger partial charge in [-0.25, -0.2) is 0 Å². The first-order chi connectivity index (χ1) is 12.6. The highest BCUT2D eigenvalue weighted by Crippen LogP contribution is 2.12. The third-order valence-electron chi connectivity index (χ3n) is 4.13. The number of nitrogens with one attached hydrogen (secondary N) is 1. The molecule has 1 heterocycles. The predicted octanol–water partition coefficient (Wildman–Crippen LogP) is 3.37. The molecule has 3 rings (SSSR count). The SMILES string of the molecule is Cc1cc(NC(=O)CN(Cc2ccccc2)Cc2ccccc2)n(C)n1. The molecule has 1 amide bonds. The van der Waals surface area contributed by atoms with Gasteiger partial charge >= 0.3 is 0 Å². The average molecular weight is 348 g/mol. The molecule has 0 unspecified atom stereocenters. The molecule has 1 aromatic heterocycles. The van der Waals surface area contributed by atoms with Gasteiger partial charge in [0.1, 0.15) is 5.82 Å². The van der Waals surface area contributed by atoms with Gasteiger partial charge in [-0.3, -0.25) is 14.4 Å². The summed E-state index contributed by atoms with van der Waals surface area (Å²) in [6, 6.07) is 22.3. The number of hydrogen-bond donors (Lipinski definition) is 1. The molecular weight excluding hydrogens is 324 g/mol. The molecule has 134 valence electrons. The first kappa shape index (κ1) is 17.9. The molecule has 0 fully saturated rings. The Bertz CT molecular complexity index is 801. The van der Waals surface area contributed by atoms with E-state index in [4.69, 9.17) is 0 Å². The zero-order valence-electron chi connectivity index (χ0n) is 15.2. The summed E-state index contributed by atoms with van der Waals surface area (Å²) in [6.07, 6.45) is 0. The maximum atomic E-state index is 12.6. The van der Waals surface area contributed by atoms with E-state index in [9.17, 15) is 4.79 Å². The number of aromatic nitrogens is 2. The van der Waals surface area contributed by atoms with Crippen LogP contribution in [0.25, 0.3) is 0 Å². The minimum atomic E-state index is -0.0418. The first-order valence-corrected chi connectivity index (χ1v) is 8.71. The summed E-state index contributed by atoms with van der Waals surface area (Å²) in [6.45, 7) is 3.65. The minimum Gasteiger partial charge on any atom is -0.310 e. The largest absolute Gasteiger partial charge is 0.310 e.